The van der Waals surface area contributed by atoms with E-state index >= 15 is 0 Å². The zero-order valence-electron chi connectivity index (χ0n) is 13.0. The zero-order valence-corrected chi connectivity index (χ0v) is 13.0. The van der Waals surface area contributed by atoms with Gasteiger partial charge in [0.15, 0.2) is 0 Å². The van der Waals surface area contributed by atoms with E-state index in [2.05, 4.69) is 12.2 Å². The minimum absolute atomic E-state index is 0.00791. The molecule has 0 aliphatic carbocycles. The first-order valence-corrected chi connectivity index (χ1v) is 7.26. The number of carbonyl (C=O) groups is 2. The number of unbranched alkanes of at least 4 members (excludes halogenated alkanes) is 1. The van der Waals surface area contributed by atoms with Crippen molar-refractivity contribution in [3.63, 3.8) is 0 Å². The second-order valence-corrected chi connectivity index (χ2v) is 4.86. The number of anilines is 1. The molecule has 0 spiro atoms. The molecule has 0 saturated heterocycles. The van der Waals surface area contributed by atoms with E-state index in [-0.39, 0.29) is 18.2 Å². The minimum atomic E-state index is -0.123. The topological polar surface area (TPSA) is 58.6 Å². The zero-order chi connectivity index (χ0) is 15.7. The fourth-order valence-electron chi connectivity index (χ4n) is 1.97. The van der Waals surface area contributed by atoms with Crippen molar-refractivity contribution in [2.24, 2.45) is 0 Å². The lowest BCUT2D eigenvalue weighted by Crippen LogP contribution is -2.32. The molecule has 116 valence electrons. The van der Waals surface area contributed by atoms with Crippen LogP contribution in [0.1, 0.15) is 33.1 Å². The van der Waals surface area contributed by atoms with Gasteiger partial charge in [0, 0.05) is 26.4 Å². The van der Waals surface area contributed by atoms with Gasteiger partial charge in [-0.2, -0.15) is 0 Å². The Balaban J connectivity index is 2.51. The van der Waals surface area contributed by atoms with Crippen LogP contribution in [0.3, 0.4) is 0 Å². The average molecular weight is 292 g/mol. The molecule has 1 N–H and O–H groups in total. The lowest BCUT2D eigenvalue weighted by Gasteiger charge is -2.20. The Hall–Kier alpha value is -2.04. The smallest absolute Gasteiger partial charge is 0.226 e. The highest BCUT2D eigenvalue weighted by Crippen LogP contribution is 2.23. The monoisotopic (exact) mass is 292 g/mol. The number of nitrogens with one attached hydrogen (secondary N) is 1. The summed E-state index contributed by atoms with van der Waals surface area (Å²) in [6, 6.07) is 7.26. The predicted octanol–water partition coefficient (Wildman–Crippen LogP) is 2.67. The molecular formula is C16H24N2O3. The molecule has 1 aromatic carbocycles. The van der Waals surface area contributed by atoms with E-state index in [1.807, 2.05) is 12.1 Å². The van der Waals surface area contributed by atoms with Crippen molar-refractivity contribution in [3.8, 4) is 5.75 Å². The van der Waals surface area contributed by atoms with Gasteiger partial charge in [-0.15, -0.1) is 0 Å². The predicted molar refractivity (Wildman–Crippen MR) is 83.4 cm³/mol. The van der Waals surface area contributed by atoms with Crippen LogP contribution in [0.2, 0.25) is 0 Å². The van der Waals surface area contributed by atoms with Gasteiger partial charge in [0.1, 0.15) is 5.75 Å². The number of rotatable bonds is 8. The number of hydrogen-bond donors (Lipinski definition) is 1. The van der Waals surface area contributed by atoms with Gasteiger partial charge in [-0.1, -0.05) is 25.5 Å². The fourth-order valence-corrected chi connectivity index (χ4v) is 1.97. The van der Waals surface area contributed by atoms with Crippen molar-refractivity contribution < 1.29 is 14.3 Å². The van der Waals surface area contributed by atoms with Crippen molar-refractivity contribution in [3.05, 3.63) is 24.3 Å². The van der Waals surface area contributed by atoms with Crippen LogP contribution in [0, 0.1) is 0 Å². The molecule has 5 heteroatoms. The van der Waals surface area contributed by atoms with E-state index < -0.39 is 0 Å². The highest BCUT2D eigenvalue weighted by Gasteiger charge is 2.12. The Morgan fingerprint density at radius 1 is 1.24 bits per heavy atom. The number of benzene rings is 1. The van der Waals surface area contributed by atoms with E-state index in [1.165, 1.54) is 6.92 Å². The molecule has 1 rings (SSSR count). The number of nitrogens with zero attached hydrogens (tertiary/aromatic N) is 1. The van der Waals surface area contributed by atoms with E-state index in [0.29, 0.717) is 24.5 Å². The van der Waals surface area contributed by atoms with Crippen molar-refractivity contribution in [2.75, 3.05) is 25.5 Å². The van der Waals surface area contributed by atoms with Crippen LogP contribution in [0.5, 0.6) is 5.75 Å². The molecule has 0 aliphatic rings. The van der Waals surface area contributed by atoms with Crippen molar-refractivity contribution in [2.45, 2.75) is 33.1 Å². The summed E-state index contributed by atoms with van der Waals surface area (Å²) in [4.78, 5) is 25.2. The Labute approximate surface area is 126 Å². The molecule has 0 aromatic heterocycles. The molecule has 0 aliphatic heterocycles. The second kappa shape index (κ2) is 9.00. The number of methoxy groups -OCH3 is 1. The van der Waals surface area contributed by atoms with Crippen LogP contribution in [0.15, 0.2) is 24.3 Å². The first-order chi connectivity index (χ1) is 10.1. The normalized spacial score (nSPS) is 10.0. The summed E-state index contributed by atoms with van der Waals surface area (Å²) in [7, 11) is 1.56. The van der Waals surface area contributed by atoms with E-state index in [0.717, 1.165) is 12.8 Å². The third-order valence-electron chi connectivity index (χ3n) is 3.22. The van der Waals surface area contributed by atoms with Crippen molar-refractivity contribution in [1.82, 2.24) is 4.90 Å². The molecule has 0 atom stereocenters. The molecule has 5 nitrogen and oxygen atoms in total. The average Bonchev–Trinajstić information content (AvgIpc) is 2.47. The van der Waals surface area contributed by atoms with Crippen LogP contribution >= 0.6 is 0 Å². The summed E-state index contributed by atoms with van der Waals surface area (Å²) in [6.45, 7) is 4.75. The molecule has 0 unspecified atom stereocenters. The van der Waals surface area contributed by atoms with Crippen LogP contribution in [-0.2, 0) is 9.59 Å². The highest BCUT2D eigenvalue weighted by atomic mass is 16.5. The Morgan fingerprint density at radius 3 is 2.57 bits per heavy atom. The van der Waals surface area contributed by atoms with E-state index in [9.17, 15) is 9.59 Å². The molecule has 21 heavy (non-hydrogen) atoms. The fraction of sp³-hybridized carbons (Fsp3) is 0.500. The number of ether oxygens (including phenoxy) is 1. The van der Waals surface area contributed by atoms with Gasteiger partial charge in [-0.3, -0.25) is 9.59 Å². The Bertz CT molecular complexity index is 474. The Morgan fingerprint density at radius 2 is 1.95 bits per heavy atom. The third kappa shape index (κ3) is 5.85. The molecule has 0 radical (unpaired) electrons. The van der Waals surface area contributed by atoms with E-state index in [4.69, 9.17) is 4.74 Å². The summed E-state index contributed by atoms with van der Waals surface area (Å²) in [5, 5.41) is 2.81. The SMILES string of the molecule is CCCCN(CCC(=O)Nc1ccccc1OC)C(C)=O. The van der Waals surface area contributed by atoms with E-state index in [1.54, 1.807) is 24.1 Å². The van der Waals surface area contributed by atoms with Crippen LogP contribution < -0.4 is 10.1 Å². The first-order valence-electron chi connectivity index (χ1n) is 7.26. The molecule has 0 saturated carbocycles. The summed E-state index contributed by atoms with van der Waals surface area (Å²) in [5.74, 6) is 0.510. The van der Waals surface area contributed by atoms with Gasteiger partial charge in [0.25, 0.3) is 0 Å². The van der Waals surface area contributed by atoms with Gasteiger partial charge in [0.05, 0.1) is 12.8 Å². The van der Waals surface area contributed by atoms with Crippen LogP contribution in [0.4, 0.5) is 5.69 Å². The standard InChI is InChI=1S/C16H24N2O3/c1-4-5-11-18(13(2)19)12-10-16(20)17-14-8-6-7-9-15(14)21-3/h6-9H,4-5,10-12H2,1-3H3,(H,17,20). The molecule has 0 bridgehead atoms. The van der Waals surface area contributed by atoms with Crippen molar-refractivity contribution >= 4 is 17.5 Å². The maximum absolute atomic E-state index is 12.0. The summed E-state index contributed by atoms with van der Waals surface area (Å²) in [6.07, 6.45) is 2.26. The molecule has 0 heterocycles. The maximum atomic E-state index is 12.0. The quantitative estimate of drug-likeness (QED) is 0.801. The lowest BCUT2D eigenvalue weighted by atomic mass is 10.2. The van der Waals surface area contributed by atoms with Crippen molar-refractivity contribution in [1.29, 1.82) is 0 Å². The summed E-state index contributed by atoms with van der Waals surface area (Å²) < 4.78 is 5.18. The summed E-state index contributed by atoms with van der Waals surface area (Å²) >= 11 is 0. The second-order valence-electron chi connectivity index (χ2n) is 4.86. The molecular weight excluding hydrogens is 268 g/mol. The molecule has 2 amide bonds. The number of para-hydroxylation sites is 2. The number of carbonyl (C=O) groups excluding carboxylic acids is 2. The minimum Gasteiger partial charge on any atom is -0.495 e. The van der Waals surface area contributed by atoms with Gasteiger partial charge in [-0.05, 0) is 18.6 Å². The van der Waals surface area contributed by atoms with Gasteiger partial charge in [0.2, 0.25) is 11.8 Å². The van der Waals surface area contributed by atoms with Crippen LogP contribution in [-0.4, -0.2) is 36.9 Å². The number of amides is 2. The largest absolute Gasteiger partial charge is 0.495 e. The highest BCUT2D eigenvalue weighted by molar-refractivity contribution is 5.92. The number of hydrogen-bond acceptors (Lipinski definition) is 3. The lowest BCUT2D eigenvalue weighted by molar-refractivity contribution is -0.129. The third-order valence-corrected chi connectivity index (χ3v) is 3.22. The maximum Gasteiger partial charge on any atom is 0.226 e. The molecule has 1 aromatic rings. The first kappa shape index (κ1) is 17.0. The Kier molecular flexibility index (Phi) is 7.29. The van der Waals surface area contributed by atoms with Crippen LogP contribution in [0.25, 0.3) is 0 Å². The van der Waals surface area contributed by atoms with Gasteiger partial charge >= 0.3 is 0 Å². The van der Waals surface area contributed by atoms with Gasteiger partial charge in [-0.25, -0.2) is 0 Å². The van der Waals surface area contributed by atoms with Gasteiger partial charge < -0.3 is 15.0 Å². The summed E-state index contributed by atoms with van der Waals surface area (Å²) in [5.41, 5.74) is 0.646. The molecule has 0 fully saturated rings.